The maximum absolute atomic E-state index is 11.9. The number of carboxylic acid groups (broad SMARTS) is 1. The lowest BCUT2D eigenvalue weighted by Gasteiger charge is -2.16. The average Bonchev–Trinajstić information content (AvgIpc) is 2.84. The van der Waals surface area contributed by atoms with Crippen molar-refractivity contribution in [1.29, 1.82) is 0 Å². The zero-order chi connectivity index (χ0) is 13.8. The molecule has 2 unspecified atom stereocenters. The molecule has 1 heterocycles. The van der Waals surface area contributed by atoms with Crippen molar-refractivity contribution < 1.29 is 14.7 Å². The Labute approximate surface area is 112 Å². The van der Waals surface area contributed by atoms with Gasteiger partial charge in [-0.2, -0.15) is 0 Å². The first kappa shape index (κ1) is 13.5. The first-order valence-corrected chi connectivity index (χ1v) is 6.51. The topological polar surface area (TPSA) is 79.3 Å². The fourth-order valence-corrected chi connectivity index (χ4v) is 2.62. The quantitative estimate of drug-likeness (QED) is 0.864. The molecule has 2 rings (SSSR count). The molecule has 0 bridgehead atoms. The molecule has 1 aliphatic rings. The van der Waals surface area contributed by atoms with Gasteiger partial charge in [-0.15, -0.1) is 0 Å². The smallest absolute Gasteiger partial charge is 0.306 e. The van der Waals surface area contributed by atoms with Crippen LogP contribution in [0.4, 0.5) is 0 Å². The largest absolute Gasteiger partial charge is 0.481 e. The number of aromatic nitrogens is 1. The van der Waals surface area contributed by atoms with E-state index in [1.807, 2.05) is 6.92 Å². The van der Waals surface area contributed by atoms with E-state index in [-0.39, 0.29) is 17.7 Å². The number of hydrogen-bond acceptors (Lipinski definition) is 3. The molecule has 5 nitrogen and oxygen atoms in total. The van der Waals surface area contributed by atoms with Crippen LogP contribution in [0.3, 0.4) is 0 Å². The molecule has 1 saturated carbocycles. The first-order valence-electron chi connectivity index (χ1n) is 6.51. The van der Waals surface area contributed by atoms with Gasteiger partial charge in [0.1, 0.15) is 0 Å². The predicted molar refractivity (Wildman–Crippen MR) is 69.8 cm³/mol. The van der Waals surface area contributed by atoms with Gasteiger partial charge < -0.3 is 10.4 Å². The molecule has 102 valence electrons. The predicted octanol–water partition coefficient (Wildman–Crippen LogP) is 1.62. The summed E-state index contributed by atoms with van der Waals surface area (Å²) in [7, 11) is 0. The van der Waals surface area contributed by atoms with Crippen LogP contribution in [-0.4, -0.2) is 28.5 Å². The van der Waals surface area contributed by atoms with Gasteiger partial charge in [0.15, 0.2) is 0 Å². The molecule has 0 spiro atoms. The van der Waals surface area contributed by atoms with Gasteiger partial charge in [0.05, 0.1) is 5.92 Å². The Kier molecular flexibility index (Phi) is 4.14. The highest BCUT2D eigenvalue weighted by Crippen LogP contribution is 2.31. The van der Waals surface area contributed by atoms with Crippen molar-refractivity contribution in [2.75, 3.05) is 6.54 Å². The van der Waals surface area contributed by atoms with E-state index < -0.39 is 5.97 Å². The third kappa shape index (κ3) is 3.30. The summed E-state index contributed by atoms with van der Waals surface area (Å²) in [5.41, 5.74) is 1.36. The molecule has 0 saturated heterocycles. The molecule has 1 aliphatic carbocycles. The molecule has 19 heavy (non-hydrogen) atoms. The van der Waals surface area contributed by atoms with Gasteiger partial charge in [0.2, 0.25) is 0 Å². The minimum Gasteiger partial charge on any atom is -0.481 e. The zero-order valence-electron chi connectivity index (χ0n) is 10.9. The second kappa shape index (κ2) is 5.82. The van der Waals surface area contributed by atoms with Gasteiger partial charge in [-0.05, 0) is 37.8 Å². The molecule has 2 atom stereocenters. The van der Waals surface area contributed by atoms with Crippen LogP contribution >= 0.6 is 0 Å². The van der Waals surface area contributed by atoms with E-state index >= 15 is 0 Å². The molecule has 0 radical (unpaired) electrons. The Bertz CT molecular complexity index is 487. The molecule has 0 aliphatic heterocycles. The van der Waals surface area contributed by atoms with Crippen LogP contribution < -0.4 is 5.32 Å². The van der Waals surface area contributed by atoms with Crippen LogP contribution in [-0.2, 0) is 4.79 Å². The molecular weight excluding hydrogens is 244 g/mol. The second-order valence-corrected chi connectivity index (χ2v) is 5.03. The molecule has 2 N–H and O–H groups in total. The molecular formula is C14H18N2O3. The standard InChI is InChI=1S/C14H18N2O3/c1-9-7-10(5-6-15-9)13(17)16-8-11-3-2-4-12(11)14(18)19/h5-7,11-12H,2-4,8H2,1H3,(H,16,17)(H,18,19). The van der Waals surface area contributed by atoms with Gasteiger partial charge >= 0.3 is 5.97 Å². The number of aliphatic carboxylic acids is 1. The van der Waals surface area contributed by atoms with E-state index in [4.69, 9.17) is 5.11 Å². The van der Waals surface area contributed by atoms with Crippen LogP contribution in [0.5, 0.6) is 0 Å². The van der Waals surface area contributed by atoms with Crippen LogP contribution in [0.15, 0.2) is 18.3 Å². The van der Waals surface area contributed by atoms with Gasteiger partial charge in [-0.1, -0.05) is 6.42 Å². The maximum Gasteiger partial charge on any atom is 0.306 e. The van der Waals surface area contributed by atoms with E-state index in [2.05, 4.69) is 10.3 Å². The Morgan fingerprint density at radius 1 is 1.47 bits per heavy atom. The number of carboxylic acids is 1. The van der Waals surface area contributed by atoms with E-state index in [0.717, 1.165) is 18.5 Å². The normalized spacial score (nSPS) is 22.2. The van der Waals surface area contributed by atoms with Crippen LogP contribution in [0.1, 0.15) is 35.3 Å². The maximum atomic E-state index is 11.9. The number of pyridine rings is 1. The summed E-state index contributed by atoms with van der Waals surface area (Å²) in [6.07, 6.45) is 4.10. The zero-order valence-corrected chi connectivity index (χ0v) is 10.9. The number of amides is 1. The molecule has 1 amide bonds. The minimum absolute atomic E-state index is 0.0457. The van der Waals surface area contributed by atoms with Crippen molar-refractivity contribution in [2.24, 2.45) is 11.8 Å². The van der Waals surface area contributed by atoms with Crippen molar-refractivity contribution >= 4 is 11.9 Å². The highest BCUT2D eigenvalue weighted by Gasteiger charge is 2.32. The Hall–Kier alpha value is -1.91. The van der Waals surface area contributed by atoms with E-state index in [1.54, 1.807) is 18.3 Å². The van der Waals surface area contributed by atoms with E-state index in [9.17, 15) is 9.59 Å². The summed E-state index contributed by atoms with van der Waals surface area (Å²) >= 11 is 0. The summed E-state index contributed by atoms with van der Waals surface area (Å²) in [6, 6.07) is 3.38. The molecule has 5 heteroatoms. The van der Waals surface area contributed by atoms with Crippen molar-refractivity contribution in [1.82, 2.24) is 10.3 Å². The summed E-state index contributed by atoms with van der Waals surface area (Å²) in [5.74, 6) is -1.19. The van der Waals surface area contributed by atoms with E-state index in [0.29, 0.717) is 18.5 Å². The molecule has 1 fully saturated rings. The lowest BCUT2D eigenvalue weighted by atomic mass is 9.96. The number of carbonyl (C=O) groups excluding carboxylic acids is 1. The molecule has 1 aromatic heterocycles. The SMILES string of the molecule is Cc1cc(C(=O)NCC2CCCC2C(=O)O)ccn1. The van der Waals surface area contributed by atoms with Gasteiger partial charge in [-0.3, -0.25) is 14.6 Å². The number of hydrogen-bond donors (Lipinski definition) is 2. The van der Waals surface area contributed by atoms with E-state index in [1.165, 1.54) is 0 Å². The minimum atomic E-state index is -0.753. The van der Waals surface area contributed by atoms with Crippen LogP contribution in [0.25, 0.3) is 0 Å². The average molecular weight is 262 g/mol. The van der Waals surface area contributed by atoms with Gasteiger partial charge in [0, 0.05) is 24.0 Å². The summed E-state index contributed by atoms with van der Waals surface area (Å²) in [5, 5.41) is 11.9. The van der Waals surface area contributed by atoms with Crippen LogP contribution in [0, 0.1) is 18.8 Å². The van der Waals surface area contributed by atoms with Gasteiger partial charge in [-0.25, -0.2) is 0 Å². The Balaban J connectivity index is 1.92. The third-order valence-corrected chi connectivity index (χ3v) is 3.66. The Morgan fingerprint density at radius 2 is 2.26 bits per heavy atom. The van der Waals surface area contributed by atoms with Crippen molar-refractivity contribution in [3.63, 3.8) is 0 Å². The van der Waals surface area contributed by atoms with Crippen molar-refractivity contribution in [3.05, 3.63) is 29.6 Å². The Morgan fingerprint density at radius 3 is 2.95 bits per heavy atom. The number of carbonyl (C=O) groups is 2. The van der Waals surface area contributed by atoms with Crippen molar-refractivity contribution in [2.45, 2.75) is 26.2 Å². The number of aryl methyl sites for hydroxylation is 1. The second-order valence-electron chi connectivity index (χ2n) is 5.03. The number of nitrogens with one attached hydrogen (secondary N) is 1. The van der Waals surface area contributed by atoms with Crippen LogP contribution in [0.2, 0.25) is 0 Å². The highest BCUT2D eigenvalue weighted by atomic mass is 16.4. The number of nitrogens with zero attached hydrogens (tertiary/aromatic N) is 1. The summed E-state index contributed by atoms with van der Waals surface area (Å²) in [4.78, 5) is 27.0. The first-order chi connectivity index (χ1) is 9.08. The fraction of sp³-hybridized carbons (Fsp3) is 0.500. The van der Waals surface area contributed by atoms with Gasteiger partial charge in [0.25, 0.3) is 5.91 Å². The monoisotopic (exact) mass is 262 g/mol. The lowest BCUT2D eigenvalue weighted by molar-refractivity contribution is -0.142. The third-order valence-electron chi connectivity index (χ3n) is 3.66. The molecule has 1 aromatic rings. The summed E-state index contributed by atoms with van der Waals surface area (Å²) < 4.78 is 0. The summed E-state index contributed by atoms with van der Waals surface area (Å²) in [6.45, 7) is 2.26. The van der Waals surface area contributed by atoms with Crippen molar-refractivity contribution in [3.8, 4) is 0 Å². The fourth-order valence-electron chi connectivity index (χ4n) is 2.62. The highest BCUT2D eigenvalue weighted by molar-refractivity contribution is 5.94. The molecule has 0 aromatic carbocycles. The lowest BCUT2D eigenvalue weighted by Crippen LogP contribution is -2.33. The number of rotatable bonds is 4.